The molecule has 0 unspecified atom stereocenters. The molecule has 0 spiro atoms. The van der Waals surface area contributed by atoms with E-state index >= 15 is 0 Å². The molecule has 0 atom stereocenters. The van der Waals surface area contributed by atoms with Crippen molar-refractivity contribution in [3.8, 4) is 17.2 Å². The molecule has 150 valence electrons. The highest BCUT2D eigenvalue weighted by Crippen LogP contribution is 2.38. The molecule has 0 aliphatic carbocycles. The molecule has 2 aromatic heterocycles. The third-order valence-electron chi connectivity index (χ3n) is 5.42. The molecular formula is C20H21ClN6O2. The molecule has 4 heterocycles. The summed E-state index contributed by atoms with van der Waals surface area (Å²) in [4.78, 5) is 26.0. The fourth-order valence-corrected chi connectivity index (χ4v) is 4.05. The van der Waals surface area contributed by atoms with Crippen molar-refractivity contribution in [3.63, 3.8) is 0 Å². The second-order valence-electron chi connectivity index (χ2n) is 7.72. The van der Waals surface area contributed by atoms with Crippen LogP contribution in [0.1, 0.15) is 44.2 Å². The Balaban J connectivity index is 1.61. The van der Waals surface area contributed by atoms with Crippen molar-refractivity contribution in [1.82, 2.24) is 24.6 Å². The van der Waals surface area contributed by atoms with Gasteiger partial charge in [-0.2, -0.15) is 4.98 Å². The molecule has 0 N–H and O–H groups in total. The third-order valence-corrected chi connectivity index (χ3v) is 5.65. The predicted octanol–water partition coefficient (Wildman–Crippen LogP) is 4.23. The summed E-state index contributed by atoms with van der Waals surface area (Å²) in [5.41, 5.74) is 3.11. The number of hydrogen-bond donors (Lipinski definition) is 0. The molecular weight excluding hydrogens is 392 g/mol. The average Bonchev–Trinajstić information content (AvgIpc) is 3.46. The van der Waals surface area contributed by atoms with Gasteiger partial charge in [-0.15, -0.1) is 0 Å². The molecule has 1 fully saturated rings. The quantitative estimate of drug-likeness (QED) is 0.629. The lowest BCUT2D eigenvalue weighted by atomic mass is 10.1. The third kappa shape index (κ3) is 2.98. The summed E-state index contributed by atoms with van der Waals surface area (Å²) in [6.45, 7) is 5.91. The van der Waals surface area contributed by atoms with Gasteiger partial charge in [-0.25, -0.2) is 9.78 Å². The van der Waals surface area contributed by atoms with Crippen molar-refractivity contribution in [2.75, 3.05) is 18.0 Å². The summed E-state index contributed by atoms with van der Waals surface area (Å²) >= 11 is 6.26. The van der Waals surface area contributed by atoms with E-state index in [4.69, 9.17) is 16.1 Å². The summed E-state index contributed by atoms with van der Waals surface area (Å²) in [6, 6.07) is 5.55. The van der Waals surface area contributed by atoms with E-state index in [1.807, 2.05) is 41.5 Å². The Morgan fingerprint density at radius 3 is 2.72 bits per heavy atom. The van der Waals surface area contributed by atoms with Crippen molar-refractivity contribution < 1.29 is 9.32 Å². The van der Waals surface area contributed by atoms with Crippen LogP contribution >= 0.6 is 11.6 Å². The molecule has 3 aromatic rings. The number of anilines is 1. The summed E-state index contributed by atoms with van der Waals surface area (Å²) in [5, 5.41) is 4.70. The van der Waals surface area contributed by atoms with Gasteiger partial charge in [-0.1, -0.05) is 30.6 Å². The molecule has 1 aromatic carbocycles. The normalized spacial score (nSPS) is 15.7. The van der Waals surface area contributed by atoms with Crippen molar-refractivity contribution in [1.29, 1.82) is 0 Å². The molecule has 9 heteroatoms. The van der Waals surface area contributed by atoms with E-state index in [1.165, 1.54) is 0 Å². The average molecular weight is 413 g/mol. The molecule has 29 heavy (non-hydrogen) atoms. The van der Waals surface area contributed by atoms with E-state index in [0.29, 0.717) is 29.0 Å². The van der Waals surface area contributed by atoms with Gasteiger partial charge in [0.1, 0.15) is 12.0 Å². The van der Waals surface area contributed by atoms with Gasteiger partial charge in [-0.3, -0.25) is 9.47 Å². The first-order valence-corrected chi connectivity index (χ1v) is 10.2. The Labute approximate surface area is 173 Å². The van der Waals surface area contributed by atoms with E-state index in [0.717, 1.165) is 43.0 Å². The maximum atomic E-state index is 13.3. The van der Waals surface area contributed by atoms with Crippen LogP contribution in [0.2, 0.25) is 5.02 Å². The van der Waals surface area contributed by atoms with Gasteiger partial charge in [-0.05, 0) is 31.0 Å². The summed E-state index contributed by atoms with van der Waals surface area (Å²) in [6.07, 6.45) is 3.80. The number of hydrogen-bond acceptors (Lipinski definition) is 5. The van der Waals surface area contributed by atoms with E-state index in [2.05, 4.69) is 15.1 Å². The second-order valence-corrected chi connectivity index (χ2v) is 8.15. The number of rotatable bonds is 2. The maximum absolute atomic E-state index is 13.3. The Morgan fingerprint density at radius 2 is 2.00 bits per heavy atom. The topological polar surface area (TPSA) is 80.3 Å². The van der Waals surface area contributed by atoms with Gasteiger partial charge in [0.15, 0.2) is 0 Å². The van der Waals surface area contributed by atoms with Gasteiger partial charge in [0.05, 0.1) is 23.6 Å². The molecule has 2 aliphatic rings. The molecule has 2 amide bonds. The lowest BCUT2D eigenvalue weighted by molar-refractivity contribution is 0.214. The standard InChI is InChI=1S/C20H21ClN6O2/c1-12(2)19-23-18(24-29-19)17-16-10-26(20(28)25-7-3-4-8-25)15-9-13(21)5-6-14(15)27(16)11-22-17/h5-6,9,11-12H,3-4,7-8,10H2,1-2H3. The predicted molar refractivity (Wildman–Crippen MR) is 108 cm³/mol. The highest BCUT2D eigenvalue weighted by atomic mass is 35.5. The van der Waals surface area contributed by atoms with Crippen molar-refractivity contribution >= 4 is 23.3 Å². The first-order valence-electron chi connectivity index (χ1n) is 9.79. The lowest BCUT2D eigenvalue weighted by Gasteiger charge is -2.33. The first-order chi connectivity index (χ1) is 14.0. The van der Waals surface area contributed by atoms with Gasteiger partial charge >= 0.3 is 6.03 Å². The number of benzene rings is 1. The van der Waals surface area contributed by atoms with Crippen LogP contribution in [0.15, 0.2) is 29.0 Å². The summed E-state index contributed by atoms with van der Waals surface area (Å²) in [5.74, 6) is 1.13. The summed E-state index contributed by atoms with van der Waals surface area (Å²) in [7, 11) is 0. The number of urea groups is 1. The zero-order valence-corrected chi connectivity index (χ0v) is 17.1. The Hall–Kier alpha value is -2.87. The number of nitrogens with zero attached hydrogens (tertiary/aromatic N) is 6. The number of imidazole rings is 1. The van der Waals surface area contributed by atoms with Crippen LogP contribution in [-0.4, -0.2) is 43.7 Å². The van der Waals surface area contributed by atoms with Gasteiger partial charge in [0, 0.05) is 24.0 Å². The summed E-state index contributed by atoms with van der Waals surface area (Å²) < 4.78 is 7.34. The van der Waals surface area contributed by atoms with E-state index in [-0.39, 0.29) is 11.9 Å². The molecule has 1 saturated heterocycles. The van der Waals surface area contributed by atoms with E-state index in [1.54, 1.807) is 11.2 Å². The number of likely N-dealkylation sites (tertiary alicyclic amines) is 1. The van der Waals surface area contributed by atoms with Gasteiger partial charge in [0.25, 0.3) is 0 Å². The van der Waals surface area contributed by atoms with Gasteiger partial charge in [0.2, 0.25) is 11.7 Å². The van der Waals surface area contributed by atoms with Crippen LogP contribution in [0.4, 0.5) is 10.5 Å². The number of carbonyl (C=O) groups is 1. The monoisotopic (exact) mass is 412 g/mol. The molecule has 0 bridgehead atoms. The minimum atomic E-state index is -0.0135. The van der Waals surface area contributed by atoms with Crippen LogP contribution in [-0.2, 0) is 6.54 Å². The van der Waals surface area contributed by atoms with Crippen LogP contribution in [0.5, 0.6) is 0 Å². The molecule has 0 saturated carbocycles. The van der Waals surface area contributed by atoms with Crippen molar-refractivity contribution in [2.24, 2.45) is 0 Å². The zero-order chi connectivity index (χ0) is 20.1. The number of halogens is 1. The van der Waals surface area contributed by atoms with E-state index < -0.39 is 0 Å². The molecule has 2 aliphatic heterocycles. The minimum absolute atomic E-state index is 0.0135. The van der Waals surface area contributed by atoms with E-state index in [9.17, 15) is 4.79 Å². The Morgan fingerprint density at radius 1 is 1.21 bits per heavy atom. The smallest absolute Gasteiger partial charge is 0.324 e. The van der Waals surface area contributed by atoms with Crippen molar-refractivity contribution in [2.45, 2.75) is 39.2 Å². The highest BCUT2D eigenvalue weighted by molar-refractivity contribution is 6.31. The van der Waals surface area contributed by atoms with Crippen LogP contribution < -0.4 is 4.90 Å². The molecule has 8 nitrogen and oxygen atoms in total. The van der Waals surface area contributed by atoms with Crippen LogP contribution in [0, 0.1) is 0 Å². The SMILES string of the molecule is CC(C)c1nc(-c2ncn3c2CN(C(=O)N2CCCC2)c2cc(Cl)ccc2-3)no1. The Kier molecular flexibility index (Phi) is 4.31. The zero-order valence-electron chi connectivity index (χ0n) is 16.3. The maximum Gasteiger partial charge on any atom is 0.324 e. The fourth-order valence-electron chi connectivity index (χ4n) is 3.89. The first kappa shape index (κ1) is 18.2. The number of aromatic nitrogens is 4. The largest absolute Gasteiger partial charge is 0.339 e. The molecule has 0 radical (unpaired) electrons. The molecule has 5 rings (SSSR count). The fraction of sp³-hybridized carbons (Fsp3) is 0.400. The van der Waals surface area contributed by atoms with Crippen LogP contribution in [0.3, 0.4) is 0 Å². The van der Waals surface area contributed by atoms with Crippen LogP contribution in [0.25, 0.3) is 17.2 Å². The number of amides is 2. The Bertz CT molecular complexity index is 1080. The number of fused-ring (bicyclic) bond motifs is 3. The highest BCUT2D eigenvalue weighted by Gasteiger charge is 2.33. The lowest BCUT2D eigenvalue weighted by Crippen LogP contribution is -2.43. The van der Waals surface area contributed by atoms with Gasteiger partial charge < -0.3 is 9.42 Å². The minimum Gasteiger partial charge on any atom is -0.339 e. The van der Waals surface area contributed by atoms with Crippen molar-refractivity contribution in [3.05, 3.63) is 41.1 Å². The second kappa shape index (κ2) is 6.88. The number of carbonyl (C=O) groups excluding carboxylic acids is 1.